The van der Waals surface area contributed by atoms with Gasteiger partial charge < -0.3 is 4.98 Å². The first-order chi connectivity index (χ1) is 10.1. The quantitative estimate of drug-likeness (QED) is 0.862. The Labute approximate surface area is 126 Å². The van der Waals surface area contributed by atoms with Gasteiger partial charge in [0.25, 0.3) is 5.56 Å². The number of azo groups is 1. The number of aromatic amines is 1. The van der Waals surface area contributed by atoms with Crippen molar-refractivity contribution >= 4 is 23.0 Å². The van der Waals surface area contributed by atoms with Gasteiger partial charge in [0.1, 0.15) is 6.07 Å². The fourth-order valence-electron chi connectivity index (χ4n) is 1.93. The molecular weight excluding hydrogens is 288 g/mol. The highest BCUT2D eigenvalue weighted by Crippen LogP contribution is 2.23. The van der Waals surface area contributed by atoms with Crippen LogP contribution in [0, 0.1) is 18.3 Å². The lowest BCUT2D eigenvalue weighted by atomic mass is 10.1. The molecule has 2 rings (SSSR count). The van der Waals surface area contributed by atoms with E-state index in [9.17, 15) is 10.1 Å². The Bertz CT molecular complexity index is 785. The number of hydrogen-bond donors (Lipinski definition) is 1. The van der Waals surface area contributed by atoms with E-state index in [1.54, 1.807) is 31.2 Å². The van der Waals surface area contributed by atoms with Crippen LogP contribution in [0.4, 0.5) is 11.4 Å². The number of nitriles is 1. The van der Waals surface area contributed by atoms with Gasteiger partial charge in [0.2, 0.25) is 0 Å². The molecule has 106 valence electrons. The summed E-state index contributed by atoms with van der Waals surface area (Å²) in [5, 5.41) is 17.8. The zero-order chi connectivity index (χ0) is 15.4. The maximum absolute atomic E-state index is 12.0. The fourth-order valence-corrected chi connectivity index (χ4v) is 2.05. The standard InChI is InChI=1S/C15H13ClN4O/c1-3-13-12(8-17)9(2)14(15(21)18-13)20-19-11-6-4-10(16)5-7-11/h4-7H,3H2,1-2H3,(H,18,21). The second-order valence-electron chi connectivity index (χ2n) is 4.42. The number of benzene rings is 1. The van der Waals surface area contributed by atoms with Crippen LogP contribution in [0.5, 0.6) is 0 Å². The van der Waals surface area contributed by atoms with E-state index in [0.29, 0.717) is 34.0 Å². The Morgan fingerprint density at radius 3 is 2.52 bits per heavy atom. The molecule has 1 heterocycles. The van der Waals surface area contributed by atoms with Crippen LogP contribution in [0.25, 0.3) is 0 Å². The number of H-pyrrole nitrogens is 1. The smallest absolute Gasteiger partial charge is 0.276 e. The second kappa shape index (κ2) is 6.33. The third-order valence-corrected chi connectivity index (χ3v) is 3.32. The molecule has 0 atom stereocenters. The summed E-state index contributed by atoms with van der Waals surface area (Å²) >= 11 is 5.79. The lowest BCUT2D eigenvalue weighted by Crippen LogP contribution is -2.12. The van der Waals surface area contributed by atoms with Crippen LogP contribution in [-0.2, 0) is 6.42 Å². The van der Waals surface area contributed by atoms with Crippen LogP contribution in [0.2, 0.25) is 5.02 Å². The average Bonchev–Trinajstić information content (AvgIpc) is 2.48. The summed E-state index contributed by atoms with van der Waals surface area (Å²) in [4.78, 5) is 14.7. The molecule has 1 N–H and O–H groups in total. The summed E-state index contributed by atoms with van der Waals surface area (Å²) in [7, 11) is 0. The van der Waals surface area contributed by atoms with Crippen LogP contribution in [0.3, 0.4) is 0 Å². The largest absolute Gasteiger partial charge is 0.323 e. The van der Waals surface area contributed by atoms with E-state index < -0.39 is 0 Å². The van der Waals surface area contributed by atoms with Gasteiger partial charge in [-0.2, -0.15) is 10.4 Å². The molecule has 0 amide bonds. The Hall–Kier alpha value is -2.45. The van der Waals surface area contributed by atoms with E-state index in [1.165, 1.54) is 0 Å². The van der Waals surface area contributed by atoms with Gasteiger partial charge in [-0.1, -0.05) is 18.5 Å². The van der Waals surface area contributed by atoms with Crippen LogP contribution in [0.15, 0.2) is 39.3 Å². The van der Waals surface area contributed by atoms with Gasteiger partial charge in [0.05, 0.1) is 11.3 Å². The van der Waals surface area contributed by atoms with Gasteiger partial charge in [0.15, 0.2) is 5.69 Å². The predicted molar refractivity (Wildman–Crippen MR) is 81.5 cm³/mol. The topological polar surface area (TPSA) is 81.4 Å². The molecule has 0 unspecified atom stereocenters. The average molecular weight is 301 g/mol. The molecule has 6 heteroatoms. The minimum atomic E-state index is -0.346. The first-order valence-corrected chi connectivity index (χ1v) is 6.77. The third kappa shape index (κ3) is 3.18. The molecule has 0 aliphatic heterocycles. The monoisotopic (exact) mass is 300 g/mol. The van der Waals surface area contributed by atoms with Crippen molar-refractivity contribution in [3.8, 4) is 6.07 Å². The van der Waals surface area contributed by atoms with E-state index in [2.05, 4.69) is 21.3 Å². The Morgan fingerprint density at radius 1 is 1.29 bits per heavy atom. The van der Waals surface area contributed by atoms with Gasteiger partial charge in [-0.15, -0.1) is 5.11 Å². The summed E-state index contributed by atoms with van der Waals surface area (Å²) in [5.74, 6) is 0. The number of nitrogens with one attached hydrogen (secondary N) is 1. The predicted octanol–water partition coefficient (Wildman–Crippen LogP) is 4.19. The van der Waals surface area contributed by atoms with Gasteiger partial charge in [0, 0.05) is 16.3 Å². The van der Waals surface area contributed by atoms with Gasteiger partial charge in [-0.05, 0) is 37.6 Å². The fraction of sp³-hybridized carbons (Fsp3) is 0.200. The number of rotatable bonds is 3. The number of aromatic nitrogens is 1. The molecule has 5 nitrogen and oxygen atoms in total. The molecule has 0 aliphatic rings. The Morgan fingerprint density at radius 2 is 1.95 bits per heavy atom. The van der Waals surface area contributed by atoms with E-state index in [4.69, 9.17) is 11.6 Å². The van der Waals surface area contributed by atoms with Gasteiger partial charge in [-0.25, -0.2) is 0 Å². The number of hydrogen-bond acceptors (Lipinski definition) is 4. The normalized spacial score (nSPS) is 10.8. The highest BCUT2D eigenvalue weighted by molar-refractivity contribution is 6.30. The molecule has 21 heavy (non-hydrogen) atoms. The number of aryl methyl sites for hydroxylation is 1. The second-order valence-corrected chi connectivity index (χ2v) is 4.86. The van der Waals surface area contributed by atoms with Gasteiger partial charge >= 0.3 is 0 Å². The molecule has 1 aromatic heterocycles. The molecule has 0 aliphatic carbocycles. The van der Waals surface area contributed by atoms with Crippen molar-refractivity contribution in [2.45, 2.75) is 20.3 Å². The van der Waals surface area contributed by atoms with Crippen molar-refractivity contribution in [1.29, 1.82) is 5.26 Å². The SMILES string of the molecule is CCc1[nH]c(=O)c(N=Nc2ccc(Cl)cc2)c(C)c1C#N. The molecule has 0 saturated heterocycles. The number of pyridine rings is 1. The van der Waals surface area contributed by atoms with E-state index in [0.717, 1.165) is 0 Å². The van der Waals surface area contributed by atoms with E-state index in [-0.39, 0.29) is 11.2 Å². The van der Waals surface area contributed by atoms with E-state index in [1.807, 2.05) is 6.92 Å². The van der Waals surface area contributed by atoms with Crippen molar-refractivity contribution < 1.29 is 0 Å². The third-order valence-electron chi connectivity index (χ3n) is 3.07. The summed E-state index contributed by atoms with van der Waals surface area (Å²) in [6.45, 7) is 3.57. The first-order valence-electron chi connectivity index (χ1n) is 6.40. The Kier molecular flexibility index (Phi) is 4.51. The zero-order valence-electron chi connectivity index (χ0n) is 11.6. The highest BCUT2D eigenvalue weighted by atomic mass is 35.5. The molecular formula is C15H13ClN4O. The summed E-state index contributed by atoms with van der Waals surface area (Å²) in [6.07, 6.45) is 0.577. The maximum atomic E-state index is 12.0. The van der Waals surface area contributed by atoms with E-state index >= 15 is 0 Å². The first kappa shape index (κ1) is 14.9. The minimum Gasteiger partial charge on any atom is -0.323 e. The summed E-state index contributed by atoms with van der Waals surface area (Å²) < 4.78 is 0. The maximum Gasteiger partial charge on any atom is 0.276 e. The van der Waals surface area contributed by atoms with Crippen molar-refractivity contribution in [3.63, 3.8) is 0 Å². The molecule has 2 aromatic rings. The minimum absolute atomic E-state index is 0.152. The highest BCUT2D eigenvalue weighted by Gasteiger charge is 2.13. The lowest BCUT2D eigenvalue weighted by Gasteiger charge is -2.06. The molecule has 0 radical (unpaired) electrons. The van der Waals surface area contributed by atoms with Crippen molar-refractivity contribution in [2.24, 2.45) is 10.2 Å². The van der Waals surface area contributed by atoms with Crippen molar-refractivity contribution in [3.05, 3.63) is 56.5 Å². The molecule has 0 spiro atoms. The van der Waals surface area contributed by atoms with Crippen LogP contribution in [0.1, 0.15) is 23.7 Å². The lowest BCUT2D eigenvalue weighted by molar-refractivity contribution is 0.982. The molecule has 0 saturated carbocycles. The van der Waals surface area contributed by atoms with Gasteiger partial charge in [-0.3, -0.25) is 4.79 Å². The number of halogens is 1. The summed E-state index contributed by atoms with van der Waals surface area (Å²) in [5.41, 5.74) is 1.99. The van der Waals surface area contributed by atoms with Crippen molar-refractivity contribution in [2.75, 3.05) is 0 Å². The van der Waals surface area contributed by atoms with Crippen LogP contribution in [-0.4, -0.2) is 4.98 Å². The zero-order valence-corrected chi connectivity index (χ0v) is 12.4. The molecule has 0 bridgehead atoms. The van der Waals surface area contributed by atoms with Crippen LogP contribution < -0.4 is 5.56 Å². The van der Waals surface area contributed by atoms with Crippen molar-refractivity contribution in [1.82, 2.24) is 4.98 Å². The van der Waals surface area contributed by atoms with Crippen LogP contribution >= 0.6 is 11.6 Å². The molecule has 1 aromatic carbocycles. The summed E-state index contributed by atoms with van der Waals surface area (Å²) in [6, 6.07) is 8.87. The molecule has 0 fully saturated rings. The number of nitrogens with zero attached hydrogens (tertiary/aromatic N) is 3. The Balaban J connectivity index is 2.48.